The summed E-state index contributed by atoms with van der Waals surface area (Å²) in [6.45, 7) is 4.98. The summed E-state index contributed by atoms with van der Waals surface area (Å²) >= 11 is 0. The number of nitrogens with one attached hydrogen (secondary N) is 2. The van der Waals surface area contributed by atoms with Crippen molar-refractivity contribution in [1.82, 2.24) is 5.32 Å². The van der Waals surface area contributed by atoms with Gasteiger partial charge in [-0.2, -0.15) is 0 Å². The summed E-state index contributed by atoms with van der Waals surface area (Å²) in [5.74, 6) is -0.214. The van der Waals surface area contributed by atoms with Crippen LogP contribution in [0.1, 0.15) is 25.5 Å². The number of rotatable bonds is 8. The first kappa shape index (κ1) is 19.9. The fourth-order valence-corrected chi connectivity index (χ4v) is 3.21. The van der Waals surface area contributed by atoms with Gasteiger partial charge in [0.1, 0.15) is 6.04 Å². The largest absolute Gasteiger partial charge is 0.351 e. The van der Waals surface area contributed by atoms with E-state index in [9.17, 15) is 9.59 Å². The van der Waals surface area contributed by atoms with E-state index < -0.39 is 18.4 Å². The monoisotopic (exact) mass is 383 g/mol. The summed E-state index contributed by atoms with van der Waals surface area (Å²) in [4.78, 5) is 27.1. The lowest BCUT2D eigenvalue weighted by Crippen LogP contribution is -2.43. The molecule has 1 heterocycles. The van der Waals surface area contributed by atoms with Crippen molar-refractivity contribution in [1.29, 1.82) is 0 Å². The van der Waals surface area contributed by atoms with Crippen molar-refractivity contribution in [2.45, 2.75) is 26.2 Å². The Morgan fingerprint density at radius 1 is 1.04 bits per heavy atom. The summed E-state index contributed by atoms with van der Waals surface area (Å²) in [6, 6.07) is 15.3. The maximum atomic E-state index is 13.1. The molecule has 2 aromatic rings. The van der Waals surface area contributed by atoms with E-state index in [1.807, 2.05) is 56.3 Å². The highest BCUT2D eigenvalue weighted by Crippen LogP contribution is 2.36. The van der Waals surface area contributed by atoms with Crippen LogP contribution in [0.25, 0.3) is 0 Å². The molecule has 2 aromatic carbocycles. The zero-order chi connectivity index (χ0) is 19.9. The van der Waals surface area contributed by atoms with Crippen molar-refractivity contribution in [3.8, 4) is 0 Å². The zero-order valence-corrected chi connectivity index (χ0v) is 16.1. The third-order valence-electron chi connectivity index (χ3n) is 4.40. The normalized spacial score (nSPS) is 15.6. The second kappa shape index (κ2) is 9.34. The Morgan fingerprint density at radius 3 is 2.36 bits per heavy atom. The molecule has 0 aliphatic carbocycles. The van der Waals surface area contributed by atoms with Crippen molar-refractivity contribution < 1.29 is 19.1 Å². The summed E-state index contributed by atoms with van der Waals surface area (Å²) in [5, 5.41) is 5.52. The van der Waals surface area contributed by atoms with Gasteiger partial charge in [0.15, 0.2) is 6.29 Å². The fourth-order valence-electron chi connectivity index (χ4n) is 3.21. The SMILES string of the molecule is CCOC(CN1C(=O)[C@@H](NC(=O)Nc2ccccc2)c2ccccc21)OCC. The predicted molar refractivity (Wildman–Crippen MR) is 107 cm³/mol. The van der Waals surface area contributed by atoms with Crippen molar-refractivity contribution in [3.63, 3.8) is 0 Å². The zero-order valence-electron chi connectivity index (χ0n) is 16.1. The molecule has 3 amide bonds. The Morgan fingerprint density at radius 2 is 1.68 bits per heavy atom. The van der Waals surface area contributed by atoms with Gasteiger partial charge in [-0.1, -0.05) is 36.4 Å². The average molecular weight is 383 g/mol. The molecular formula is C21H25N3O4. The van der Waals surface area contributed by atoms with Gasteiger partial charge in [0.2, 0.25) is 0 Å². The first-order valence-corrected chi connectivity index (χ1v) is 9.40. The Hall–Kier alpha value is -2.90. The van der Waals surface area contributed by atoms with Crippen molar-refractivity contribution in [3.05, 3.63) is 60.2 Å². The number of ether oxygens (including phenoxy) is 2. The van der Waals surface area contributed by atoms with E-state index in [2.05, 4.69) is 10.6 Å². The number of nitrogens with zero attached hydrogens (tertiary/aromatic N) is 1. The molecule has 7 heteroatoms. The van der Waals surface area contributed by atoms with E-state index in [0.717, 1.165) is 11.3 Å². The van der Waals surface area contributed by atoms with Crippen LogP contribution in [0.5, 0.6) is 0 Å². The molecule has 148 valence electrons. The van der Waals surface area contributed by atoms with Gasteiger partial charge in [-0.25, -0.2) is 4.79 Å². The van der Waals surface area contributed by atoms with Gasteiger partial charge in [0.05, 0.1) is 6.54 Å². The van der Waals surface area contributed by atoms with Gasteiger partial charge < -0.3 is 25.0 Å². The number of para-hydroxylation sites is 2. The molecule has 1 aliphatic heterocycles. The number of anilines is 2. The minimum absolute atomic E-state index is 0.214. The standard InChI is InChI=1S/C21H25N3O4/c1-3-27-18(28-4-2)14-24-17-13-9-8-12-16(17)19(20(24)25)23-21(26)22-15-10-6-5-7-11-15/h5-13,18-19H,3-4,14H2,1-2H3,(H2,22,23,26)/t19-/m0/s1. The number of amides is 3. The van der Waals surface area contributed by atoms with Crippen LogP contribution in [0.4, 0.5) is 16.2 Å². The van der Waals surface area contributed by atoms with E-state index >= 15 is 0 Å². The summed E-state index contributed by atoms with van der Waals surface area (Å²) in [7, 11) is 0. The molecule has 0 saturated heterocycles. The van der Waals surface area contributed by atoms with Gasteiger partial charge >= 0.3 is 6.03 Å². The van der Waals surface area contributed by atoms with Crippen LogP contribution in [0, 0.1) is 0 Å². The van der Waals surface area contributed by atoms with E-state index in [4.69, 9.17) is 9.47 Å². The lowest BCUT2D eigenvalue weighted by atomic mass is 10.1. The van der Waals surface area contributed by atoms with Gasteiger partial charge in [-0.3, -0.25) is 4.79 Å². The molecule has 1 atom stereocenters. The first-order valence-electron chi connectivity index (χ1n) is 9.40. The topological polar surface area (TPSA) is 79.9 Å². The molecule has 0 aromatic heterocycles. The molecule has 1 aliphatic rings. The number of benzene rings is 2. The summed E-state index contributed by atoms with van der Waals surface area (Å²) < 4.78 is 11.2. The molecule has 0 radical (unpaired) electrons. The maximum Gasteiger partial charge on any atom is 0.320 e. The van der Waals surface area contributed by atoms with Crippen LogP contribution in [0.15, 0.2) is 54.6 Å². The highest BCUT2D eigenvalue weighted by Gasteiger charge is 2.39. The molecule has 0 bridgehead atoms. The first-order chi connectivity index (χ1) is 13.6. The van der Waals surface area contributed by atoms with E-state index in [1.54, 1.807) is 17.0 Å². The van der Waals surface area contributed by atoms with Gasteiger partial charge in [0.25, 0.3) is 5.91 Å². The molecule has 0 saturated carbocycles. The second-order valence-electron chi connectivity index (χ2n) is 6.25. The second-order valence-corrected chi connectivity index (χ2v) is 6.25. The third-order valence-corrected chi connectivity index (χ3v) is 4.40. The lowest BCUT2D eigenvalue weighted by molar-refractivity contribution is -0.135. The third kappa shape index (κ3) is 4.49. The maximum absolute atomic E-state index is 13.1. The van der Waals surface area contributed by atoms with E-state index in [-0.39, 0.29) is 12.5 Å². The van der Waals surface area contributed by atoms with Gasteiger partial charge in [-0.15, -0.1) is 0 Å². The van der Waals surface area contributed by atoms with Crippen LogP contribution >= 0.6 is 0 Å². The van der Waals surface area contributed by atoms with Crippen LogP contribution in [-0.4, -0.2) is 38.0 Å². The molecule has 2 N–H and O–H groups in total. The molecule has 0 spiro atoms. The molecule has 28 heavy (non-hydrogen) atoms. The van der Waals surface area contributed by atoms with Crippen molar-refractivity contribution in [2.24, 2.45) is 0 Å². The average Bonchev–Trinajstić information content (AvgIpc) is 2.95. The van der Waals surface area contributed by atoms with Crippen molar-refractivity contribution >= 4 is 23.3 Å². The number of carbonyl (C=O) groups is 2. The minimum Gasteiger partial charge on any atom is -0.351 e. The number of carbonyl (C=O) groups excluding carboxylic acids is 2. The Bertz CT molecular complexity index is 806. The number of hydrogen-bond acceptors (Lipinski definition) is 4. The van der Waals surface area contributed by atoms with Crippen LogP contribution in [0.2, 0.25) is 0 Å². The van der Waals surface area contributed by atoms with Crippen molar-refractivity contribution in [2.75, 3.05) is 30.0 Å². The van der Waals surface area contributed by atoms with Gasteiger partial charge in [-0.05, 0) is 32.0 Å². The Balaban J connectivity index is 1.75. The highest BCUT2D eigenvalue weighted by molar-refractivity contribution is 6.07. The molecule has 0 fully saturated rings. The molecule has 0 unspecified atom stereocenters. The quantitative estimate of drug-likeness (QED) is 0.686. The summed E-state index contributed by atoms with van der Waals surface area (Å²) in [6.07, 6.45) is -0.524. The Labute approximate surface area is 164 Å². The van der Waals surface area contributed by atoms with Crippen LogP contribution < -0.4 is 15.5 Å². The fraction of sp³-hybridized carbons (Fsp3) is 0.333. The molecule has 7 nitrogen and oxygen atoms in total. The predicted octanol–water partition coefficient (Wildman–Crippen LogP) is 3.30. The van der Waals surface area contributed by atoms with E-state index in [1.165, 1.54) is 0 Å². The van der Waals surface area contributed by atoms with E-state index in [0.29, 0.717) is 18.9 Å². The minimum atomic E-state index is -0.760. The Kier molecular flexibility index (Phi) is 6.62. The number of fused-ring (bicyclic) bond motifs is 1. The summed E-state index contributed by atoms with van der Waals surface area (Å²) in [5.41, 5.74) is 2.16. The smallest absolute Gasteiger partial charge is 0.320 e. The van der Waals surface area contributed by atoms with Gasteiger partial charge in [0, 0.05) is 30.2 Å². The number of hydrogen-bond donors (Lipinski definition) is 2. The molecular weight excluding hydrogens is 358 g/mol. The van der Waals surface area contributed by atoms with Crippen LogP contribution in [-0.2, 0) is 14.3 Å². The molecule has 3 rings (SSSR count). The number of urea groups is 1. The highest BCUT2D eigenvalue weighted by atomic mass is 16.7. The lowest BCUT2D eigenvalue weighted by Gasteiger charge is -2.24. The van der Waals surface area contributed by atoms with Crippen LogP contribution in [0.3, 0.4) is 0 Å².